The first-order valence-corrected chi connectivity index (χ1v) is 5.94. The zero-order valence-corrected chi connectivity index (χ0v) is 10.5. The van der Waals surface area contributed by atoms with Crippen LogP contribution in [0.15, 0.2) is 48.5 Å². The number of halogens is 2. The molecular formula is C16H11F2NO. The van der Waals surface area contributed by atoms with Gasteiger partial charge in [-0.2, -0.15) is 5.26 Å². The Morgan fingerprint density at radius 2 is 1.75 bits per heavy atom. The Balaban J connectivity index is 2.02. The molecule has 0 N–H and O–H groups in total. The summed E-state index contributed by atoms with van der Waals surface area (Å²) in [5.41, 5.74) is 0.893. The summed E-state index contributed by atoms with van der Waals surface area (Å²) in [4.78, 5) is 0. The van der Waals surface area contributed by atoms with Crippen LogP contribution >= 0.6 is 0 Å². The van der Waals surface area contributed by atoms with Crippen LogP contribution in [0.1, 0.15) is 11.1 Å². The van der Waals surface area contributed by atoms with E-state index in [1.165, 1.54) is 0 Å². The molecule has 0 atom stereocenters. The topological polar surface area (TPSA) is 33.0 Å². The molecule has 0 spiro atoms. The van der Waals surface area contributed by atoms with Crippen molar-refractivity contribution in [3.63, 3.8) is 0 Å². The summed E-state index contributed by atoms with van der Waals surface area (Å²) in [6.07, 6.45) is 3.45. The number of nitriles is 1. The number of nitrogens with zero attached hydrogens (tertiary/aromatic N) is 1. The normalized spacial score (nSPS) is 10.4. The molecule has 2 aromatic carbocycles. The summed E-state index contributed by atoms with van der Waals surface area (Å²) in [7, 11) is 0. The molecular weight excluding hydrogens is 260 g/mol. The molecule has 0 aliphatic carbocycles. The van der Waals surface area contributed by atoms with Gasteiger partial charge in [-0.1, -0.05) is 36.4 Å². The molecule has 4 heteroatoms. The van der Waals surface area contributed by atoms with Crippen LogP contribution in [0.5, 0.6) is 5.75 Å². The first kappa shape index (κ1) is 13.8. The SMILES string of the molecule is N#Cc1cc(F)c(OC/C=C/c2ccccc2)c(F)c1. The molecule has 0 aliphatic heterocycles. The minimum absolute atomic E-state index is 0.0363. The van der Waals surface area contributed by atoms with Crippen molar-refractivity contribution in [2.75, 3.05) is 6.61 Å². The largest absolute Gasteiger partial charge is 0.483 e. The molecule has 0 heterocycles. The van der Waals surface area contributed by atoms with Crippen molar-refractivity contribution in [3.05, 3.63) is 71.3 Å². The van der Waals surface area contributed by atoms with E-state index in [4.69, 9.17) is 10.00 Å². The highest BCUT2D eigenvalue weighted by Crippen LogP contribution is 2.23. The first-order chi connectivity index (χ1) is 9.70. The molecule has 2 aromatic rings. The van der Waals surface area contributed by atoms with Gasteiger partial charge < -0.3 is 4.74 Å². The molecule has 0 radical (unpaired) electrons. The van der Waals surface area contributed by atoms with E-state index in [1.54, 1.807) is 18.2 Å². The maximum atomic E-state index is 13.5. The van der Waals surface area contributed by atoms with E-state index in [0.29, 0.717) is 0 Å². The third-order valence-electron chi connectivity index (χ3n) is 2.56. The highest BCUT2D eigenvalue weighted by atomic mass is 19.1. The monoisotopic (exact) mass is 271 g/mol. The van der Waals surface area contributed by atoms with E-state index in [1.807, 2.05) is 30.3 Å². The maximum Gasteiger partial charge on any atom is 0.191 e. The smallest absolute Gasteiger partial charge is 0.191 e. The highest BCUT2D eigenvalue weighted by molar-refractivity contribution is 5.48. The first-order valence-electron chi connectivity index (χ1n) is 5.94. The van der Waals surface area contributed by atoms with Gasteiger partial charge >= 0.3 is 0 Å². The van der Waals surface area contributed by atoms with Crippen LogP contribution in [-0.2, 0) is 0 Å². The Labute approximate surface area is 115 Å². The fourth-order valence-electron chi connectivity index (χ4n) is 1.64. The lowest BCUT2D eigenvalue weighted by Crippen LogP contribution is -1.99. The van der Waals surface area contributed by atoms with Crippen molar-refractivity contribution < 1.29 is 13.5 Å². The lowest BCUT2D eigenvalue weighted by molar-refractivity contribution is 0.321. The molecule has 2 nitrogen and oxygen atoms in total. The van der Waals surface area contributed by atoms with Gasteiger partial charge in [0.25, 0.3) is 0 Å². The molecule has 0 unspecified atom stereocenters. The zero-order valence-electron chi connectivity index (χ0n) is 10.5. The van der Waals surface area contributed by atoms with Crippen LogP contribution < -0.4 is 4.74 Å². The fraction of sp³-hybridized carbons (Fsp3) is 0.0625. The van der Waals surface area contributed by atoms with Gasteiger partial charge in [0.1, 0.15) is 6.61 Å². The molecule has 100 valence electrons. The van der Waals surface area contributed by atoms with Crippen molar-refractivity contribution in [2.45, 2.75) is 0 Å². The van der Waals surface area contributed by atoms with Crippen LogP contribution in [-0.4, -0.2) is 6.61 Å². The molecule has 0 bridgehead atoms. The lowest BCUT2D eigenvalue weighted by atomic mass is 10.2. The summed E-state index contributed by atoms with van der Waals surface area (Å²) in [6.45, 7) is 0.0363. The average molecular weight is 271 g/mol. The Bertz CT molecular complexity index is 637. The minimum atomic E-state index is -0.880. The predicted molar refractivity (Wildman–Crippen MR) is 72.0 cm³/mol. The standard InChI is InChI=1S/C16H11F2NO/c17-14-9-13(11-19)10-15(18)16(14)20-8-4-7-12-5-2-1-3-6-12/h1-7,9-10H,8H2/b7-4+. The summed E-state index contributed by atoms with van der Waals surface area (Å²) < 4.78 is 32.1. The second-order valence-corrected chi connectivity index (χ2v) is 4.00. The van der Waals surface area contributed by atoms with E-state index < -0.39 is 17.4 Å². The Morgan fingerprint density at radius 1 is 1.10 bits per heavy atom. The molecule has 20 heavy (non-hydrogen) atoms. The third-order valence-corrected chi connectivity index (χ3v) is 2.56. The molecule has 2 rings (SSSR count). The van der Waals surface area contributed by atoms with Gasteiger partial charge in [-0.3, -0.25) is 0 Å². The van der Waals surface area contributed by atoms with Crippen molar-refractivity contribution in [1.82, 2.24) is 0 Å². The molecule has 0 saturated carbocycles. The number of rotatable bonds is 4. The number of ether oxygens (including phenoxy) is 1. The third kappa shape index (κ3) is 3.42. The van der Waals surface area contributed by atoms with Crippen molar-refractivity contribution in [1.29, 1.82) is 5.26 Å². The van der Waals surface area contributed by atoms with Crippen LogP contribution in [0.3, 0.4) is 0 Å². The van der Waals surface area contributed by atoms with E-state index in [0.717, 1.165) is 17.7 Å². The Kier molecular flexibility index (Phi) is 4.46. The maximum absolute atomic E-state index is 13.5. The quantitative estimate of drug-likeness (QED) is 0.844. The van der Waals surface area contributed by atoms with Crippen molar-refractivity contribution >= 4 is 6.08 Å². The van der Waals surface area contributed by atoms with Gasteiger partial charge in [-0.15, -0.1) is 0 Å². The number of hydrogen-bond acceptors (Lipinski definition) is 2. The number of hydrogen-bond donors (Lipinski definition) is 0. The van der Waals surface area contributed by atoms with E-state index in [-0.39, 0.29) is 12.2 Å². The fourth-order valence-corrected chi connectivity index (χ4v) is 1.64. The minimum Gasteiger partial charge on any atom is -0.483 e. The molecule has 0 amide bonds. The highest BCUT2D eigenvalue weighted by Gasteiger charge is 2.11. The van der Waals surface area contributed by atoms with E-state index >= 15 is 0 Å². The molecule has 0 saturated heterocycles. The summed E-state index contributed by atoms with van der Waals surface area (Å²) in [6, 6.07) is 13.0. The van der Waals surface area contributed by atoms with E-state index in [2.05, 4.69) is 0 Å². The number of benzene rings is 2. The Hall–Kier alpha value is -2.67. The van der Waals surface area contributed by atoms with Crippen LogP contribution in [0.4, 0.5) is 8.78 Å². The second kappa shape index (κ2) is 6.48. The van der Waals surface area contributed by atoms with Crippen LogP contribution in [0, 0.1) is 23.0 Å². The van der Waals surface area contributed by atoms with E-state index in [9.17, 15) is 8.78 Å². The van der Waals surface area contributed by atoms with Crippen molar-refractivity contribution in [3.8, 4) is 11.8 Å². The summed E-state index contributed by atoms with van der Waals surface area (Å²) in [5.74, 6) is -2.23. The predicted octanol–water partition coefficient (Wildman–Crippen LogP) is 3.93. The van der Waals surface area contributed by atoms with Crippen molar-refractivity contribution in [2.24, 2.45) is 0 Å². The van der Waals surface area contributed by atoms with Gasteiger partial charge in [0, 0.05) is 0 Å². The average Bonchev–Trinajstić information content (AvgIpc) is 2.46. The lowest BCUT2D eigenvalue weighted by Gasteiger charge is -2.06. The molecule has 0 fully saturated rings. The second-order valence-electron chi connectivity index (χ2n) is 4.00. The summed E-state index contributed by atoms with van der Waals surface area (Å²) >= 11 is 0. The van der Waals surface area contributed by atoms with Gasteiger partial charge in [0.2, 0.25) is 0 Å². The molecule has 0 aromatic heterocycles. The van der Waals surface area contributed by atoms with Crippen LogP contribution in [0.2, 0.25) is 0 Å². The van der Waals surface area contributed by atoms with Gasteiger partial charge in [-0.05, 0) is 23.8 Å². The van der Waals surface area contributed by atoms with Crippen LogP contribution in [0.25, 0.3) is 6.08 Å². The summed E-state index contributed by atoms with van der Waals surface area (Å²) in [5, 5.41) is 8.58. The van der Waals surface area contributed by atoms with Gasteiger partial charge in [0.15, 0.2) is 17.4 Å². The molecule has 0 aliphatic rings. The van der Waals surface area contributed by atoms with Gasteiger partial charge in [0.05, 0.1) is 11.6 Å². The Morgan fingerprint density at radius 3 is 2.35 bits per heavy atom. The zero-order chi connectivity index (χ0) is 14.4. The van der Waals surface area contributed by atoms with Gasteiger partial charge in [-0.25, -0.2) is 8.78 Å².